The third-order valence-electron chi connectivity index (χ3n) is 10.6. The van der Waals surface area contributed by atoms with E-state index in [9.17, 15) is 9.59 Å². The van der Waals surface area contributed by atoms with Gasteiger partial charge in [0.25, 0.3) is 5.91 Å². The summed E-state index contributed by atoms with van der Waals surface area (Å²) in [7, 11) is 0. The maximum atomic E-state index is 13.7. The second kappa shape index (κ2) is 12.0. The smallest absolute Gasteiger partial charge is 0.340 e. The summed E-state index contributed by atoms with van der Waals surface area (Å²) in [6.45, 7) is 4.51. The predicted octanol–water partition coefficient (Wildman–Crippen LogP) is 5.43. The van der Waals surface area contributed by atoms with Gasteiger partial charge in [0.15, 0.2) is 16.8 Å². The van der Waals surface area contributed by atoms with Gasteiger partial charge in [-0.15, -0.1) is 0 Å². The Morgan fingerprint density at radius 2 is 1.53 bits per heavy atom. The van der Waals surface area contributed by atoms with Crippen LogP contribution < -0.4 is 30.3 Å². The first-order chi connectivity index (χ1) is 25.9. The van der Waals surface area contributed by atoms with E-state index >= 15 is 0 Å². The van der Waals surface area contributed by atoms with Crippen molar-refractivity contribution >= 4 is 40.4 Å². The van der Waals surface area contributed by atoms with Crippen molar-refractivity contribution < 1.29 is 23.8 Å². The van der Waals surface area contributed by atoms with E-state index in [1.165, 1.54) is 6.33 Å². The fraction of sp³-hybridized carbons (Fsp3) is 0.225. The van der Waals surface area contributed by atoms with E-state index in [0.29, 0.717) is 51.8 Å². The summed E-state index contributed by atoms with van der Waals surface area (Å²) in [5.41, 5.74) is 12.4. The number of fused-ring (bicyclic) bond motifs is 7. The van der Waals surface area contributed by atoms with Crippen LogP contribution in [0.1, 0.15) is 61.4 Å². The molecule has 2 fully saturated rings. The van der Waals surface area contributed by atoms with Gasteiger partial charge in [-0.25, -0.2) is 9.78 Å². The molecule has 0 unspecified atom stereocenters. The fourth-order valence-electron chi connectivity index (χ4n) is 7.50. The molecular formula is C40H34N8O5. The Hall–Kier alpha value is -6.63. The van der Waals surface area contributed by atoms with Gasteiger partial charge in [-0.3, -0.25) is 4.79 Å². The van der Waals surface area contributed by atoms with Crippen LogP contribution in [0, 0.1) is 0 Å². The molecule has 6 aromatic rings. The molecule has 0 aliphatic carbocycles. The van der Waals surface area contributed by atoms with Gasteiger partial charge in [-0.1, -0.05) is 24.3 Å². The molecule has 4 aromatic carbocycles. The van der Waals surface area contributed by atoms with Crippen molar-refractivity contribution in [3.05, 3.63) is 124 Å². The number of amides is 1. The number of benzene rings is 4. The van der Waals surface area contributed by atoms with Crippen LogP contribution in [0.2, 0.25) is 0 Å². The molecule has 2 aromatic heterocycles. The molecule has 2 saturated heterocycles. The lowest BCUT2D eigenvalue weighted by atomic mass is 9.77. The SMILES string of the molecule is Nc1nc(OCc2ccc(CNC(=O)c3ccc4c(c3)C3(OC4=O)c4ccc(N5CCC5)cc4Oc4cc(N5CCC5)ccc43)cc2)c2nc[nH]c2n1. The van der Waals surface area contributed by atoms with E-state index in [-0.39, 0.29) is 18.5 Å². The van der Waals surface area contributed by atoms with Crippen molar-refractivity contribution in [1.29, 1.82) is 0 Å². The molecule has 6 heterocycles. The van der Waals surface area contributed by atoms with Gasteiger partial charge in [0.05, 0.1) is 11.9 Å². The standard InChI is InChI=1S/C40H34N8O5/c41-39-45-35-34(43-22-44-35)37(46-39)51-21-24-5-3-23(4-6-24)20-42-36(49)25-7-10-28-31(17-25)40(53-38(28)50)29-11-8-26(47-13-1-14-47)18-32(29)52-33-19-27(9-12-30(33)40)48-15-2-16-48/h3-12,17-19,22H,1-2,13-16,20-21H2,(H,42,49)(H3,41,43,44,45,46). The van der Waals surface area contributed by atoms with Gasteiger partial charge in [0, 0.05) is 78.5 Å². The monoisotopic (exact) mass is 706 g/mol. The molecule has 0 atom stereocenters. The minimum Gasteiger partial charge on any atom is -0.471 e. The van der Waals surface area contributed by atoms with Gasteiger partial charge < -0.3 is 40.0 Å². The molecule has 13 nitrogen and oxygen atoms in total. The highest BCUT2D eigenvalue weighted by atomic mass is 16.6. The van der Waals surface area contributed by atoms with Crippen LogP contribution in [0.3, 0.4) is 0 Å². The number of aromatic nitrogens is 4. The molecule has 1 spiro atoms. The van der Waals surface area contributed by atoms with Crippen LogP contribution in [0.5, 0.6) is 17.4 Å². The number of imidazole rings is 1. The lowest BCUT2D eigenvalue weighted by Crippen LogP contribution is -2.38. The van der Waals surface area contributed by atoms with E-state index in [1.807, 2.05) is 48.5 Å². The van der Waals surface area contributed by atoms with Gasteiger partial charge in [0.2, 0.25) is 11.8 Å². The van der Waals surface area contributed by atoms with Gasteiger partial charge >= 0.3 is 5.97 Å². The zero-order chi connectivity index (χ0) is 35.7. The lowest BCUT2D eigenvalue weighted by Gasteiger charge is -2.39. The number of esters is 1. The highest BCUT2D eigenvalue weighted by molar-refractivity contribution is 6.00. The summed E-state index contributed by atoms with van der Waals surface area (Å²) >= 11 is 0. The van der Waals surface area contributed by atoms with E-state index < -0.39 is 11.6 Å². The lowest BCUT2D eigenvalue weighted by molar-refractivity contribution is 0.0224. The van der Waals surface area contributed by atoms with E-state index in [1.54, 1.807) is 18.2 Å². The first kappa shape index (κ1) is 31.1. The quantitative estimate of drug-likeness (QED) is 0.173. The maximum Gasteiger partial charge on any atom is 0.340 e. The average molecular weight is 707 g/mol. The number of hydrogen-bond donors (Lipinski definition) is 3. The Kier molecular flexibility index (Phi) is 7.03. The first-order valence-corrected chi connectivity index (χ1v) is 17.7. The molecule has 10 rings (SSSR count). The minimum absolute atomic E-state index is 0.0928. The zero-order valence-electron chi connectivity index (χ0n) is 28.6. The average Bonchev–Trinajstić information content (AvgIpc) is 3.71. The summed E-state index contributed by atoms with van der Waals surface area (Å²) < 4.78 is 18.9. The highest BCUT2D eigenvalue weighted by Crippen LogP contribution is 2.57. The van der Waals surface area contributed by atoms with Gasteiger partial charge in [-0.05, 0) is 66.4 Å². The Balaban J connectivity index is 0.916. The summed E-state index contributed by atoms with van der Waals surface area (Å²) in [6, 6.07) is 25.1. The number of anilines is 3. The van der Waals surface area contributed by atoms with Crippen LogP contribution in [-0.4, -0.2) is 58.0 Å². The second-order valence-electron chi connectivity index (χ2n) is 13.7. The summed E-state index contributed by atoms with van der Waals surface area (Å²) in [4.78, 5) is 47.3. The molecule has 0 radical (unpaired) electrons. The number of nitrogen functional groups attached to an aromatic ring is 1. The predicted molar refractivity (Wildman–Crippen MR) is 196 cm³/mol. The third kappa shape index (κ3) is 5.10. The highest BCUT2D eigenvalue weighted by Gasteiger charge is 2.54. The van der Waals surface area contributed by atoms with Crippen molar-refractivity contribution in [2.75, 3.05) is 41.7 Å². The fourth-order valence-corrected chi connectivity index (χ4v) is 7.50. The summed E-state index contributed by atoms with van der Waals surface area (Å²) in [6.07, 6.45) is 3.81. The molecule has 4 aliphatic rings. The van der Waals surface area contributed by atoms with Crippen LogP contribution in [0.25, 0.3) is 11.2 Å². The molecule has 1 amide bonds. The van der Waals surface area contributed by atoms with Crippen LogP contribution >= 0.6 is 0 Å². The Morgan fingerprint density at radius 1 is 0.849 bits per heavy atom. The van der Waals surface area contributed by atoms with Crippen LogP contribution in [0.15, 0.2) is 85.2 Å². The Labute approximate surface area is 303 Å². The van der Waals surface area contributed by atoms with E-state index in [0.717, 1.165) is 72.6 Å². The molecule has 4 aliphatic heterocycles. The van der Waals surface area contributed by atoms with Gasteiger partial charge in [-0.2, -0.15) is 9.97 Å². The number of H-pyrrole nitrogens is 1. The molecule has 4 N–H and O–H groups in total. The maximum absolute atomic E-state index is 13.7. The topological polar surface area (TPSA) is 161 Å². The number of aromatic amines is 1. The van der Waals surface area contributed by atoms with Crippen molar-refractivity contribution in [2.24, 2.45) is 0 Å². The Bertz CT molecular complexity index is 2390. The largest absolute Gasteiger partial charge is 0.471 e. The number of nitrogens with zero attached hydrogens (tertiary/aromatic N) is 5. The third-order valence-corrected chi connectivity index (χ3v) is 10.6. The van der Waals surface area contributed by atoms with Crippen LogP contribution in [-0.2, 0) is 23.5 Å². The Morgan fingerprint density at radius 3 is 2.19 bits per heavy atom. The summed E-state index contributed by atoms with van der Waals surface area (Å²) in [5.74, 6) is 0.965. The van der Waals surface area contributed by atoms with Crippen molar-refractivity contribution in [1.82, 2.24) is 25.3 Å². The zero-order valence-corrected chi connectivity index (χ0v) is 28.6. The molecule has 0 bridgehead atoms. The molecule has 13 heteroatoms. The van der Waals surface area contributed by atoms with Crippen LogP contribution in [0.4, 0.5) is 17.3 Å². The van der Waals surface area contributed by atoms with E-state index in [2.05, 4.69) is 47.2 Å². The number of nitrogens with one attached hydrogen (secondary N) is 2. The van der Waals surface area contributed by atoms with E-state index in [4.69, 9.17) is 19.9 Å². The minimum atomic E-state index is -1.27. The number of nitrogens with two attached hydrogens (primary N) is 1. The number of carbonyl (C=O) groups excluding carboxylic acids is 2. The molecule has 53 heavy (non-hydrogen) atoms. The number of carbonyl (C=O) groups is 2. The molecule has 264 valence electrons. The second-order valence-corrected chi connectivity index (χ2v) is 13.7. The molecular weight excluding hydrogens is 672 g/mol. The van der Waals surface area contributed by atoms with Crippen molar-refractivity contribution in [3.8, 4) is 17.4 Å². The molecule has 0 saturated carbocycles. The van der Waals surface area contributed by atoms with Crippen molar-refractivity contribution in [2.45, 2.75) is 31.6 Å². The number of ether oxygens (including phenoxy) is 3. The van der Waals surface area contributed by atoms with Gasteiger partial charge in [0.1, 0.15) is 18.1 Å². The van der Waals surface area contributed by atoms with Crippen molar-refractivity contribution in [3.63, 3.8) is 0 Å². The first-order valence-electron chi connectivity index (χ1n) is 17.7. The number of hydrogen-bond acceptors (Lipinski definition) is 11. The summed E-state index contributed by atoms with van der Waals surface area (Å²) in [5, 5.41) is 3.04. The normalized spacial score (nSPS) is 16.2. The number of rotatable bonds is 8.